The number of rotatable bonds is 6. The average Bonchev–Trinajstić information content (AvgIpc) is 3.20. The molecule has 1 N–H and O–H groups in total. The molecule has 1 aromatic heterocycles. The zero-order valence-electron chi connectivity index (χ0n) is 13.0. The number of likely N-dealkylation sites (N-methyl/N-ethyl adjacent to an activating group) is 1. The van der Waals surface area contributed by atoms with Crippen LogP contribution in [-0.2, 0) is 11.2 Å². The second-order valence-electron chi connectivity index (χ2n) is 6.15. The average molecular weight is 309 g/mol. The lowest BCUT2D eigenvalue weighted by Gasteiger charge is -2.48. The molecule has 2 heterocycles. The third-order valence-corrected chi connectivity index (χ3v) is 5.87. The fourth-order valence-electron chi connectivity index (χ4n) is 4.11. The monoisotopic (exact) mass is 309 g/mol. The van der Waals surface area contributed by atoms with Crippen LogP contribution in [0.3, 0.4) is 0 Å². The molecule has 0 spiro atoms. The molecule has 1 atom stereocenters. The molecule has 0 amide bonds. The quantitative estimate of drug-likeness (QED) is 0.875. The number of aromatic nitrogens is 1. The molecule has 0 bridgehead atoms. The van der Waals surface area contributed by atoms with Gasteiger partial charge in [-0.15, -0.1) is 11.3 Å². The number of nitrogens with zero attached hydrogens (tertiary/aromatic N) is 2. The molecule has 2 fully saturated rings. The Hall–Kier alpha value is -0.490. The van der Waals surface area contributed by atoms with Crippen LogP contribution < -0.4 is 5.32 Å². The van der Waals surface area contributed by atoms with Gasteiger partial charge in [0, 0.05) is 42.7 Å². The summed E-state index contributed by atoms with van der Waals surface area (Å²) in [4.78, 5) is 7.23. The van der Waals surface area contributed by atoms with E-state index in [2.05, 4.69) is 27.5 Å². The molecule has 1 saturated heterocycles. The van der Waals surface area contributed by atoms with Crippen LogP contribution in [0.15, 0.2) is 11.6 Å². The van der Waals surface area contributed by atoms with Crippen molar-refractivity contribution in [3.8, 4) is 0 Å². The van der Waals surface area contributed by atoms with Crippen LogP contribution in [0.2, 0.25) is 0 Å². The molecule has 1 aliphatic carbocycles. The largest absolute Gasteiger partial charge is 0.379 e. The highest BCUT2D eigenvalue weighted by atomic mass is 32.1. The van der Waals surface area contributed by atoms with E-state index in [0.717, 1.165) is 39.3 Å². The van der Waals surface area contributed by atoms with Gasteiger partial charge >= 0.3 is 0 Å². The van der Waals surface area contributed by atoms with Crippen LogP contribution in [0, 0.1) is 0 Å². The number of hydrogen-bond acceptors (Lipinski definition) is 5. The van der Waals surface area contributed by atoms with Gasteiger partial charge in [-0.25, -0.2) is 4.98 Å². The van der Waals surface area contributed by atoms with Gasteiger partial charge in [-0.05, 0) is 19.4 Å². The molecular weight excluding hydrogens is 282 g/mol. The molecular formula is C16H27N3OS. The summed E-state index contributed by atoms with van der Waals surface area (Å²) in [6, 6.07) is 0.509. The van der Waals surface area contributed by atoms with Gasteiger partial charge in [-0.2, -0.15) is 0 Å². The lowest BCUT2D eigenvalue weighted by atomic mass is 9.83. The number of thiazole rings is 1. The SMILES string of the molecule is CCNC(Cc1nccs1)C1(N2CCOCC2)CCCC1. The van der Waals surface area contributed by atoms with E-state index in [1.807, 2.05) is 6.20 Å². The summed E-state index contributed by atoms with van der Waals surface area (Å²) in [5.41, 5.74) is 0.311. The van der Waals surface area contributed by atoms with Gasteiger partial charge in [0.05, 0.1) is 18.2 Å². The highest BCUT2D eigenvalue weighted by Crippen LogP contribution is 2.39. The zero-order valence-corrected chi connectivity index (χ0v) is 13.8. The Balaban J connectivity index is 1.81. The lowest BCUT2D eigenvalue weighted by molar-refractivity contribution is -0.0355. The maximum atomic E-state index is 5.58. The van der Waals surface area contributed by atoms with E-state index in [-0.39, 0.29) is 0 Å². The first kappa shape index (κ1) is 15.4. The molecule has 3 rings (SSSR count). The number of hydrogen-bond donors (Lipinski definition) is 1. The summed E-state index contributed by atoms with van der Waals surface area (Å²) in [6.07, 6.45) is 8.34. The Labute approximate surface area is 131 Å². The van der Waals surface area contributed by atoms with E-state index in [4.69, 9.17) is 4.74 Å². The van der Waals surface area contributed by atoms with E-state index in [1.54, 1.807) is 11.3 Å². The van der Waals surface area contributed by atoms with E-state index < -0.39 is 0 Å². The fourth-order valence-corrected chi connectivity index (χ4v) is 4.77. The highest BCUT2D eigenvalue weighted by Gasteiger charge is 2.46. The van der Waals surface area contributed by atoms with Crippen LogP contribution in [0.4, 0.5) is 0 Å². The van der Waals surface area contributed by atoms with Gasteiger partial charge in [0.25, 0.3) is 0 Å². The van der Waals surface area contributed by atoms with Gasteiger partial charge in [0.1, 0.15) is 0 Å². The highest BCUT2D eigenvalue weighted by molar-refractivity contribution is 7.09. The van der Waals surface area contributed by atoms with Gasteiger partial charge in [0.15, 0.2) is 0 Å². The predicted molar refractivity (Wildman–Crippen MR) is 86.9 cm³/mol. The molecule has 118 valence electrons. The van der Waals surface area contributed by atoms with Crippen LogP contribution in [0.5, 0.6) is 0 Å². The Morgan fingerprint density at radius 2 is 2.14 bits per heavy atom. The summed E-state index contributed by atoms with van der Waals surface area (Å²) in [5.74, 6) is 0. The lowest BCUT2D eigenvalue weighted by Crippen LogP contribution is -2.63. The van der Waals surface area contributed by atoms with Gasteiger partial charge < -0.3 is 10.1 Å². The molecule has 21 heavy (non-hydrogen) atoms. The summed E-state index contributed by atoms with van der Waals surface area (Å²) in [7, 11) is 0. The first-order valence-electron chi connectivity index (χ1n) is 8.30. The van der Waals surface area contributed by atoms with E-state index in [9.17, 15) is 0 Å². The topological polar surface area (TPSA) is 37.4 Å². The molecule has 5 heteroatoms. The molecule has 1 saturated carbocycles. The maximum absolute atomic E-state index is 5.58. The van der Waals surface area contributed by atoms with Crippen molar-refractivity contribution >= 4 is 11.3 Å². The van der Waals surface area contributed by atoms with Crippen molar-refractivity contribution in [1.82, 2.24) is 15.2 Å². The van der Waals surface area contributed by atoms with E-state index in [1.165, 1.54) is 30.7 Å². The Morgan fingerprint density at radius 3 is 2.76 bits per heavy atom. The minimum atomic E-state index is 0.311. The molecule has 4 nitrogen and oxygen atoms in total. The normalized spacial score (nSPS) is 24.2. The third-order valence-electron chi connectivity index (χ3n) is 5.07. The number of nitrogens with one attached hydrogen (secondary N) is 1. The zero-order chi connectivity index (χ0) is 14.5. The maximum Gasteiger partial charge on any atom is 0.0941 e. The smallest absolute Gasteiger partial charge is 0.0941 e. The number of ether oxygens (including phenoxy) is 1. The van der Waals surface area contributed by atoms with Crippen molar-refractivity contribution in [2.45, 2.75) is 50.6 Å². The molecule has 1 aliphatic heterocycles. The van der Waals surface area contributed by atoms with Crippen molar-refractivity contribution in [3.63, 3.8) is 0 Å². The van der Waals surface area contributed by atoms with E-state index in [0.29, 0.717) is 11.6 Å². The minimum Gasteiger partial charge on any atom is -0.379 e. The number of morpholine rings is 1. The van der Waals surface area contributed by atoms with Gasteiger partial charge in [-0.1, -0.05) is 19.8 Å². The van der Waals surface area contributed by atoms with Crippen LogP contribution in [-0.4, -0.2) is 54.3 Å². The van der Waals surface area contributed by atoms with Crippen molar-refractivity contribution in [3.05, 3.63) is 16.6 Å². The summed E-state index contributed by atoms with van der Waals surface area (Å²) in [5, 5.41) is 7.14. The van der Waals surface area contributed by atoms with Crippen molar-refractivity contribution in [1.29, 1.82) is 0 Å². The Kier molecular flexibility index (Phi) is 5.27. The molecule has 1 aromatic rings. The Morgan fingerprint density at radius 1 is 1.38 bits per heavy atom. The summed E-state index contributed by atoms with van der Waals surface area (Å²) in [6.45, 7) is 7.19. The molecule has 2 aliphatic rings. The first-order valence-corrected chi connectivity index (χ1v) is 9.17. The van der Waals surface area contributed by atoms with Crippen LogP contribution >= 0.6 is 11.3 Å². The summed E-state index contributed by atoms with van der Waals surface area (Å²) < 4.78 is 5.58. The second kappa shape index (κ2) is 7.18. The van der Waals surface area contributed by atoms with Gasteiger partial charge in [0.2, 0.25) is 0 Å². The Bertz CT molecular complexity index is 411. The predicted octanol–water partition coefficient (Wildman–Crippen LogP) is 2.31. The second-order valence-corrected chi connectivity index (χ2v) is 7.13. The molecule has 1 unspecified atom stereocenters. The fraction of sp³-hybridized carbons (Fsp3) is 0.812. The first-order chi connectivity index (χ1) is 10.3. The molecule has 0 radical (unpaired) electrons. The van der Waals surface area contributed by atoms with Crippen molar-refractivity contribution in [2.75, 3.05) is 32.8 Å². The van der Waals surface area contributed by atoms with Crippen LogP contribution in [0.25, 0.3) is 0 Å². The van der Waals surface area contributed by atoms with E-state index >= 15 is 0 Å². The molecule has 0 aromatic carbocycles. The minimum absolute atomic E-state index is 0.311. The standard InChI is InChI=1S/C16H27N3OS/c1-2-17-14(13-15-18-7-12-21-15)16(5-3-4-6-16)19-8-10-20-11-9-19/h7,12,14,17H,2-6,8-11,13H2,1H3. The van der Waals surface area contributed by atoms with Crippen molar-refractivity contribution < 1.29 is 4.74 Å². The van der Waals surface area contributed by atoms with Gasteiger partial charge in [-0.3, -0.25) is 4.90 Å². The van der Waals surface area contributed by atoms with Crippen molar-refractivity contribution in [2.24, 2.45) is 0 Å². The third kappa shape index (κ3) is 3.31. The summed E-state index contributed by atoms with van der Waals surface area (Å²) >= 11 is 1.79. The van der Waals surface area contributed by atoms with Crippen LogP contribution in [0.1, 0.15) is 37.6 Å².